The molecule has 0 rings (SSSR count). The first-order valence-electron chi connectivity index (χ1n) is 4.74. The van der Waals surface area contributed by atoms with E-state index >= 15 is 0 Å². The fraction of sp³-hybridized carbons (Fsp3) is 0.900. The van der Waals surface area contributed by atoms with Crippen molar-refractivity contribution in [3.05, 3.63) is 0 Å². The maximum Gasteiger partial charge on any atom is 0.314 e. The van der Waals surface area contributed by atoms with Crippen LogP contribution in [0, 0.1) is 5.41 Å². The Balaban J connectivity index is 4.23. The van der Waals surface area contributed by atoms with Crippen LogP contribution in [0.3, 0.4) is 0 Å². The molecule has 0 aromatic heterocycles. The lowest BCUT2D eigenvalue weighted by Crippen LogP contribution is -2.46. The highest BCUT2D eigenvalue weighted by atomic mass is 16.5. The minimum Gasteiger partial charge on any atom is -0.465 e. The number of hydrogen-bond acceptors (Lipinski definition) is 4. The molecule has 0 amide bonds. The molecule has 4 heteroatoms. The van der Waals surface area contributed by atoms with Crippen LogP contribution in [0.15, 0.2) is 0 Å². The molecular weight excluding hydrogens is 184 g/mol. The molecular formula is C10H20O4. The number of hydrogen-bond donors (Lipinski definition) is 2. The summed E-state index contributed by atoms with van der Waals surface area (Å²) in [6.45, 7) is 6.59. The molecule has 84 valence electrons. The van der Waals surface area contributed by atoms with Gasteiger partial charge in [-0.2, -0.15) is 0 Å². The first kappa shape index (κ1) is 13.4. The van der Waals surface area contributed by atoms with Crippen molar-refractivity contribution in [2.45, 2.75) is 39.7 Å². The molecule has 0 aromatic rings. The quantitative estimate of drug-likeness (QED) is 0.511. The maximum absolute atomic E-state index is 11.5. The summed E-state index contributed by atoms with van der Waals surface area (Å²) in [5.74, 6) is -0.446. The van der Waals surface area contributed by atoms with E-state index in [2.05, 4.69) is 0 Å². The second-order valence-corrected chi connectivity index (χ2v) is 4.40. The molecule has 0 radical (unpaired) electrons. The van der Waals surface area contributed by atoms with Crippen molar-refractivity contribution in [1.29, 1.82) is 0 Å². The molecule has 14 heavy (non-hydrogen) atoms. The maximum atomic E-state index is 11.5. The van der Waals surface area contributed by atoms with Crippen LogP contribution in [0.25, 0.3) is 0 Å². The molecule has 0 spiro atoms. The highest BCUT2D eigenvalue weighted by Gasteiger charge is 2.43. The number of esters is 1. The van der Waals surface area contributed by atoms with Gasteiger partial charge in [0, 0.05) is 13.0 Å². The number of carbonyl (C=O) groups excluding carboxylic acids is 1. The Morgan fingerprint density at radius 3 is 2.14 bits per heavy atom. The normalized spacial score (nSPS) is 12.7. The van der Waals surface area contributed by atoms with Gasteiger partial charge in [0.25, 0.3) is 0 Å². The van der Waals surface area contributed by atoms with Gasteiger partial charge in [-0.05, 0) is 27.7 Å². The third-order valence-electron chi connectivity index (χ3n) is 2.58. The monoisotopic (exact) mass is 204 g/mol. The molecule has 0 heterocycles. The summed E-state index contributed by atoms with van der Waals surface area (Å²) in [5, 5.41) is 18.2. The smallest absolute Gasteiger partial charge is 0.314 e. The van der Waals surface area contributed by atoms with Gasteiger partial charge in [-0.25, -0.2) is 0 Å². The SMILES string of the molecule is CC(C)(O)C(C)(C)C(=O)OCCCO. The second kappa shape index (κ2) is 4.75. The van der Waals surface area contributed by atoms with E-state index in [0.29, 0.717) is 6.42 Å². The zero-order valence-electron chi connectivity index (χ0n) is 9.33. The Bertz CT molecular complexity index is 191. The lowest BCUT2D eigenvalue weighted by Gasteiger charge is -2.34. The van der Waals surface area contributed by atoms with Gasteiger partial charge in [0.15, 0.2) is 0 Å². The van der Waals surface area contributed by atoms with Crippen molar-refractivity contribution in [3.8, 4) is 0 Å². The van der Waals surface area contributed by atoms with E-state index in [0.717, 1.165) is 0 Å². The molecule has 0 aliphatic heterocycles. The number of ether oxygens (including phenoxy) is 1. The molecule has 2 N–H and O–H groups in total. The van der Waals surface area contributed by atoms with E-state index in [1.165, 1.54) is 0 Å². The van der Waals surface area contributed by atoms with E-state index in [9.17, 15) is 9.90 Å². The highest BCUT2D eigenvalue weighted by molar-refractivity contribution is 5.77. The van der Waals surface area contributed by atoms with E-state index < -0.39 is 17.0 Å². The van der Waals surface area contributed by atoms with Crippen LogP contribution in [0.4, 0.5) is 0 Å². The number of rotatable bonds is 5. The van der Waals surface area contributed by atoms with Crippen LogP contribution >= 0.6 is 0 Å². The molecule has 0 atom stereocenters. The molecule has 0 unspecified atom stereocenters. The van der Waals surface area contributed by atoms with Gasteiger partial charge in [0.1, 0.15) is 0 Å². The Kier molecular flexibility index (Phi) is 4.55. The molecule has 0 fully saturated rings. The van der Waals surface area contributed by atoms with Gasteiger partial charge in [0.2, 0.25) is 0 Å². The fourth-order valence-electron chi connectivity index (χ4n) is 0.660. The molecule has 4 nitrogen and oxygen atoms in total. The van der Waals surface area contributed by atoms with Gasteiger partial charge in [-0.1, -0.05) is 0 Å². The molecule has 0 aromatic carbocycles. The summed E-state index contributed by atoms with van der Waals surface area (Å²) in [4.78, 5) is 11.5. The average Bonchev–Trinajstić information content (AvgIpc) is 2.02. The standard InChI is InChI=1S/C10H20O4/c1-9(2,10(3,4)13)8(12)14-7-5-6-11/h11,13H,5-7H2,1-4H3. The third kappa shape index (κ3) is 3.27. The summed E-state index contributed by atoms with van der Waals surface area (Å²) in [7, 11) is 0. The molecule has 0 saturated carbocycles. The number of aliphatic hydroxyl groups is 2. The van der Waals surface area contributed by atoms with Crippen molar-refractivity contribution in [3.63, 3.8) is 0 Å². The Morgan fingerprint density at radius 2 is 1.79 bits per heavy atom. The van der Waals surface area contributed by atoms with Crippen molar-refractivity contribution in [1.82, 2.24) is 0 Å². The van der Waals surface area contributed by atoms with Crippen molar-refractivity contribution in [2.24, 2.45) is 5.41 Å². The largest absolute Gasteiger partial charge is 0.465 e. The van der Waals surface area contributed by atoms with Crippen LogP contribution in [-0.2, 0) is 9.53 Å². The molecule has 0 aliphatic rings. The van der Waals surface area contributed by atoms with Crippen LogP contribution in [0.1, 0.15) is 34.1 Å². The Hall–Kier alpha value is -0.610. The first-order valence-corrected chi connectivity index (χ1v) is 4.74. The van der Waals surface area contributed by atoms with Gasteiger partial charge < -0.3 is 14.9 Å². The van der Waals surface area contributed by atoms with Gasteiger partial charge in [-0.15, -0.1) is 0 Å². The van der Waals surface area contributed by atoms with Crippen LogP contribution in [-0.4, -0.2) is 35.0 Å². The highest BCUT2D eigenvalue weighted by Crippen LogP contribution is 2.31. The first-order chi connectivity index (χ1) is 6.23. The van der Waals surface area contributed by atoms with Crippen LogP contribution in [0.5, 0.6) is 0 Å². The summed E-state index contributed by atoms with van der Waals surface area (Å²) in [6.07, 6.45) is 0.424. The van der Waals surface area contributed by atoms with E-state index in [4.69, 9.17) is 9.84 Å². The summed E-state index contributed by atoms with van der Waals surface area (Å²) in [5.41, 5.74) is -2.06. The zero-order chi connectivity index (χ0) is 11.4. The summed E-state index contributed by atoms with van der Waals surface area (Å²) >= 11 is 0. The van der Waals surface area contributed by atoms with Crippen molar-refractivity contribution >= 4 is 5.97 Å². The van der Waals surface area contributed by atoms with Gasteiger partial charge >= 0.3 is 5.97 Å². The minimum absolute atomic E-state index is 0.00374. The fourth-order valence-corrected chi connectivity index (χ4v) is 0.660. The van der Waals surface area contributed by atoms with E-state index in [1.807, 2.05) is 0 Å². The lowest BCUT2D eigenvalue weighted by atomic mass is 9.77. The zero-order valence-corrected chi connectivity index (χ0v) is 9.33. The van der Waals surface area contributed by atoms with Crippen LogP contribution in [0.2, 0.25) is 0 Å². The van der Waals surface area contributed by atoms with Crippen molar-refractivity contribution < 1.29 is 19.7 Å². The topological polar surface area (TPSA) is 66.8 Å². The Labute approximate surface area is 84.9 Å². The molecule has 0 saturated heterocycles. The third-order valence-corrected chi connectivity index (χ3v) is 2.58. The lowest BCUT2D eigenvalue weighted by molar-refractivity contribution is -0.167. The van der Waals surface area contributed by atoms with Crippen LogP contribution < -0.4 is 0 Å². The molecule has 0 bridgehead atoms. The summed E-state index contributed by atoms with van der Waals surface area (Å²) in [6, 6.07) is 0. The van der Waals surface area contributed by atoms with Crippen molar-refractivity contribution in [2.75, 3.05) is 13.2 Å². The van der Waals surface area contributed by atoms with Gasteiger partial charge in [-0.3, -0.25) is 4.79 Å². The van der Waals surface area contributed by atoms with Gasteiger partial charge in [0.05, 0.1) is 17.6 Å². The number of carbonyl (C=O) groups is 1. The average molecular weight is 204 g/mol. The van der Waals surface area contributed by atoms with E-state index in [1.54, 1.807) is 27.7 Å². The summed E-state index contributed by atoms with van der Waals surface area (Å²) < 4.78 is 4.91. The Morgan fingerprint density at radius 1 is 1.29 bits per heavy atom. The minimum atomic E-state index is -1.12. The van der Waals surface area contributed by atoms with E-state index in [-0.39, 0.29) is 13.2 Å². The predicted octanol–water partition coefficient (Wildman–Crippen LogP) is 0.709. The predicted molar refractivity (Wildman–Crippen MR) is 52.7 cm³/mol. The molecule has 0 aliphatic carbocycles. The second-order valence-electron chi connectivity index (χ2n) is 4.40. The number of aliphatic hydroxyl groups excluding tert-OH is 1.